The molecule has 0 aliphatic carbocycles. The van der Waals surface area contributed by atoms with Crippen molar-refractivity contribution in [2.45, 2.75) is 39.7 Å². The van der Waals surface area contributed by atoms with Gasteiger partial charge >= 0.3 is 0 Å². The van der Waals surface area contributed by atoms with Crippen molar-refractivity contribution in [1.29, 1.82) is 0 Å². The van der Waals surface area contributed by atoms with E-state index in [4.69, 9.17) is 11.6 Å². The normalized spacial score (nSPS) is 12.2. The van der Waals surface area contributed by atoms with E-state index < -0.39 is 0 Å². The van der Waals surface area contributed by atoms with Crippen LogP contribution in [0.1, 0.15) is 41.9 Å². The second kappa shape index (κ2) is 6.72. The van der Waals surface area contributed by atoms with Crippen molar-refractivity contribution in [2.75, 3.05) is 0 Å². The van der Waals surface area contributed by atoms with Crippen LogP contribution in [-0.4, -0.2) is 21.1 Å². The lowest BCUT2D eigenvalue weighted by Gasteiger charge is -2.12. The van der Waals surface area contributed by atoms with Crippen LogP contribution in [0.4, 0.5) is 0 Å². The first-order valence-electron chi connectivity index (χ1n) is 6.86. The molecule has 0 saturated carbocycles. The van der Waals surface area contributed by atoms with Gasteiger partial charge in [0.15, 0.2) is 0 Å². The van der Waals surface area contributed by atoms with Crippen molar-refractivity contribution in [3.8, 4) is 0 Å². The minimum atomic E-state index is -0.00993. The van der Waals surface area contributed by atoms with Gasteiger partial charge in [-0.25, -0.2) is 0 Å². The molecule has 21 heavy (non-hydrogen) atoms. The summed E-state index contributed by atoms with van der Waals surface area (Å²) in [5.41, 5.74) is 3.83. The average molecular weight is 307 g/mol. The van der Waals surface area contributed by atoms with Gasteiger partial charge in [0.1, 0.15) is 0 Å². The van der Waals surface area contributed by atoms with E-state index >= 15 is 0 Å². The molecular formula is C15H19ClN4O. The van der Waals surface area contributed by atoms with Crippen LogP contribution < -0.4 is 5.32 Å². The van der Waals surface area contributed by atoms with Gasteiger partial charge in [-0.05, 0) is 37.5 Å². The van der Waals surface area contributed by atoms with Crippen LogP contribution >= 0.6 is 11.6 Å². The SMILES string of the molecule is Cc1n[nH]c(C)c1[C@@H](C)CC(=O)NCc1cc(Cl)ccn1. The number of hydrogen-bond donors (Lipinski definition) is 2. The maximum absolute atomic E-state index is 12.0. The predicted octanol–water partition coefficient (Wildman–Crippen LogP) is 2.88. The second-order valence-corrected chi connectivity index (χ2v) is 5.63. The van der Waals surface area contributed by atoms with Crippen LogP contribution in [0, 0.1) is 13.8 Å². The quantitative estimate of drug-likeness (QED) is 0.892. The van der Waals surface area contributed by atoms with Gasteiger partial charge in [0, 0.05) is 23.3 Å². The van der Waals surface area contributed by atoms with E-state index in [1.54, 1.807) is 18.3 Å². The minimum Gasteiger partial charge on any atom is -0.350 e. The highest BCUT2D eigenvalue weighted by Gasteiger charge is 2.17. The van der Waals surface area contributed by atoms with Crippen molar-refractivity contribution in [3.05, 3.63) is 46.0 Å². The van der Waals surface area contributed by atoms with Gasteiger partial charge in [-0.15, -0.1) is 0 Å². The summed E-state index contributed by atoms with van der Waals surface area (Å²) in [4.78, 5) is 16.2. The summed E-state index contributed by atoms with van der Waals surface area (Å²) in [6.45, 7) is 6.33. The number of aromatic amines is 1. The van der Waals surface area contributed by atoms with Crippen molar-refractivity contribution in [3.63, 3.8) is 0 Å². The van der Waals surface area contributed by atoms with E-state index in [0.717, 1.165) is 22.6 Å². The monoisotopic (exact) mass is 306 g/mol. The Morgan fingerprint density at radius 3 is 2.86 bits per heavy atom. The van der Waals surface area contributed by atoms with Crippen LogP contribution in [0.5, 0.6) is 0 Å². The van der Waals surface area contributed by atoms with Crippen LogP contribution in [0.3, 0.4) is 0 Å². The molecule has 0 fully saturated rings. The van der Waals surface area contributed by atoms with Crippen LogP contribution in [0.25, 0.3) is 0 Å². The zero-order chi connectivity index (χ0) is 15.4. The molecule has 112 valence electrons. The highest BCUT2D eigenvalue weighted by atomic mass is 35.5. The van der Waals surface area contributed by atoms with E-state index in [2.05, 4.69) is 20.5 Å². The lowest BCUT2D eigenvalue weighted by Crippen LogP contribution is -2.24. The second-order valence-electron chi connectivity index (χ2n) is 5.19. The van der Waals surface area contributed by atoms with Gasteiger partial charge in [0.05, 0.1) is 17.9 Å². The van der Waals surface area contributed by atoms with E-state index in [1.807, 2.05) is 20.8 Å². The van der Waals surface area contributed by atoms with Crippen LogP contribution in [0.15, 0.2) is 18.3 Å². The Morgan fingerprint density at radius 2 is 2.24 bits per heavy atom. The molecule has 0 unspecified atom stereocenters. The van der Waals surface area contributed by atoms with Gasteiger partial charge in [-0.3, -0.25) is 14.9 Å². The molecule has 5 nitrogen and oxygen atoms in total. The van der Waals surface area contributed by atoms with Crippen LogP contribution in [0.2, 0.25) is 5.02 Å². The standard InChI is InChI=1S/C15H19ClN4O/c1-9(15-10(2)19-20-11(15)3)6-14(21)18-8-13-7-12(16)4-5-17-13/h4-5,7,9H,6,8H2,1-3H3,(H,18,21)(H,19,20)/t9-/m0/s1. The molecule has 1 amide bonds. The number of pyridine rings is 1. The molecule has 0 aromatic carbocycles. The Bertz CT molecular complexity index is 619. The Hall–Kier alpha value is -1.88. The molecule has 0 radical (unpaired) electrons. The molecule has 0 spiro atoms. The number of rotatable bonds is 5. The van der Waals surface area contributed by atoms with Gasteiger partial charge < -0.3 is 5.32 Å². The van der Waals surface area contributed by atoms with E-state index in [9.17, 15) is 4.79 Å². The Morgan fingerprint density at radius 1 is 1.48 bits per heavy atom. The Balaban J connectivity index is 1.90. The number of amides is 1. The summed E-state index contributed by atoms with van der Waals surface area (Å²) in [6.07, 6.45) is 2.05. The fourth-order valence-electron chi connectivity index (χ4n) is 2.47. The molecule has 0 saturated heterocycles. The number of nitrogens with one attached hydrogen (secondary N) is 2. The predicted molar refractivity (Wildman–Crippen MR) is 82.2 cm³/mol. The molecule has 6 heteroatoms. The highest BCUT2D eigenvalue weighted by molar-refractivity contribution is 6.30. The smallest absolute Gasteiger partial charge is 0.220 e. The molecule has 2 aromatic rings. The van der Waals surface area contributed by atoms with E-state index in [0.29, 0.717) is 18.0 Å². The molecule has 0 bridgehead atoms. The third-order valence-corrected chi connectivity index (χ3v) is 3.65. The molecule has 1 atom stereocenters. The topological polar surface area (TPSA) is 70.7 Å². The molecule has 0 aliphatic heterocycles. The molecule has 2 N–H and O–H groups in total. The third kappa shape index (κ3) is 4.04. The highest BCUT2D eigenvalue weighted by Crippen LogP contribution is 2.24. The zero-order valence-electron chi connectivity index (χ0n) is 12.4. The maximum Gasteiger partial charge on any atom is 0.220 e. The van der Waals surface area contributed by atoms with Crippen molar-refractivity contribution in [2.24, 2.45) is 0 Å². The minimum absolute atomic E-state index is 0.00993. The maximum atomic E-state index is 12.0. The fourth-order valence-corrected chi connectivity index (χ4v) is 2.65. The summed E-state index contributed by atoms with van der Waals surface area (Å²) in [5.74, 6) is 0.111. The summed E-state index contributed by atoms with van der Waals surface area (Å²) in [7, 11) is 0. The largest absolute Gasteiger partial charge is 0.350 e. The van der Waals surface area contributed by atoms with Crippen LogP contribution in [-0.2, 0) is 11.3 Å². The Kier molecular flexibility index (Phi) is 4.96. The van der Waals surface area contributed by atoms with Gasteiger partial charge in [0.25, 0.3) is 0 Å². The first kappa shape index (κ1) is 15.5. The number of hydrogen-bond acceptors (Lipinski definition) is 3. The number of carbonyl (C=O) groups excluding carboxylic acids is 1. The summed E-state index contributed by atoms with van der Waals surface area (Å²) in [6, 6.07) is 3.45. The Labute approximate surface area is 129 Å². The number of aromatic nitrogens is 3. The summed E-state index contributed by atoms with van der Waals surface area (Å²) >= 11 is 5.88. The lowest BCUT2D eigenvalue weighted by molar-refractivity contribution is -0.121. The van der Waals surface area contributed by atoms with Crippen molar-refractivity contribution >= 4 is 17.5 Å². The summed E-state index contributed by atoms with van der Waals surface area (Å²) < 4.78 is 0. The number of halogens is 1. The first-order valence-corrected chi connectivity index (χ1v) is 7.23. The van der Waals surface area contributed by atoms with Gasteiger partial charge in [-0.2, -0.15) is 5.10 Å². The molecule has 2 heterocycles. The van der Waals surface area contributed by atoms with Crippen molar-refractivity contribution in [1.82, 2.24) is 20.5 Å². The average Bonchev–Trinajstić information content (AvgIpc) is 2.76. The molecule has 2 rings (SSSR count). The van der Waals surface area contributed by atoms with Gasteiger partial charge in [0.2, 0.25) is 5.91 Å². The number of aryl methyl sites for hydroxylation is 2. The molecule has 0 aliphatic rings. The van der Waals surface area contributed by atoms with Gasteiger partial charge in [-0.1, -0.05) is 18.5 Å². The molecule has 2 aromatic heterocycles. The lowest BCUT2D eigenvalue weighted by atomic mass is 9.95. The number of H-pyrrole nitrogens is 1. The zero-order valence-corrected chi connectivity index (χ0v) is 13.2. The van der Waals surface area contributed by atoms with E-state index in [1.165, 1.54) is 0 Å². The third-order valence-electron chi connectivity index (χ3n) is 3.41. The number of carbonyl (C=O) groups is 1. The van der Waals surface area contributed by atoms with Crippen molar-refractivity contribution < 1.29 is 4.79 Å². The summed E-state index contributed by atoms with van der Waals surface area (Å²) in [5, 5.41) is 10.6. The fraction of sp³-hybridized carbons (Fsp3) is 0.400. The van der Waals surface area contributed by atoms with E-state index in [-0.39, 0.29) is 11.8 Å². The first-order chi connectivity index (χ1) is 9.97. The molecular weight excluding hydrogens is 288 g/mol. The number of nitrogens with zero attached hydrogens (tertiary/aromatic N) is 2.